The number of benzene rings is 2. The summed E-state index contributed by atoms with van der Waals surface area (Å²) in [6.45, 7) is 1.87. The van der Waals surface area contributed by atoms with Crippen LogP contribution in [0, 0.1) is 18.8 Å². The van der Waals surface area contributed by atoms with Crippen LogP contribution in [0.15, 0.2) is 65.6 Å². The van der Waals surface area contributed by atoms with E-state index in [1.165, 1.54) is 36.4 Å². The highest BCUT2D eigenvalue weighted by molar-refractivity contribution is 7.92. The molecule has 2 N–H and O–H groups in total. The Morgan fingerprint density at radius 3 is 2.07 bits per heavy atom. The summed E-state index contributed by atoms with van der Waals surface area (Å²) in [6.07, 6.45) is 2.05. The first-order valence-electron chi connectivity index (χ1n) is 9.30. The van der Waals surface area contributed by atoms with Crippen LogP contribution in [-0.2, 0) is 24.3 Å². The van der Waals surface area contributed by atoms with Crippen molar-refractivity contribution in [2.45, 2.75) is 24.0 Å². The van der Waals surface area contributed by atoms with Crippen molar-refractivity contribution in [2.24, 2.45) is 11.8 Å². The number of carboxylic acid groups (broad SMARTS) is 1. The average Bonchev–Trinajstić information content (AvgIpc) is 3.31. The van der Waals surface area contributed by atoms with E-state index in [-0.39, 0.29) is 4.90 Å². The molecule has 4 rings (SSSR count). The summed E-state index contributed by atoms with van der Waals surface area (Å²) in [5.41, 5.74) is 1.68. The number of carbonyl (C=O) groups excluding carboxylic acids is 2. The lowest BCUT2D eigenvalue weighted by atomic mass is 9.82. The highest BCUT2D eigenvalue weighted by atomic mass is 32.2. The minimum Gasteiger partial charge on any atom is -0.550 e. The summed E-state index contributed by atoms with van der Waals surface area (Å²) in [5.74, 6) is -3.74. The Kier molecular flexibility index (Phi) is 5.08. The fourth-order valence-electron chi connectivity index (χ4n) is 3.68. The van der Waals surface area contributed by atoms with Gasteiger partial charge in [0.25, 0.3) is 10.0 Å². The second kappa shape index (κ2) is 7.58. The molecule has 0 unspecified atom stereocenters. The van der Waals surface area contributed by atoms with E-state index in [2.05, 4.69) is 10.0 Å². The second-order valence-corrected chi connectivity index (χ2v) is 8.99. The lowest BCUT2D eigenvalue weighted by Crippen LogP contribution is -2.45. The molecule has 2 bridgehead atoms. The van der Waals surface area contributed by atoms with Crippen molar-refractivity contribution >= 4 is 33.3 Å². The standard InChI is InChI=1S/C21H20N2O6S/c1-12-2-8-15(9-3-12)30(27,28)23-14-6-4-13(5-7-14)22-20(24)18-16-10-11-17(29-16)19(18)21(25)26/h2-11,16-19,23H,1H3,(H,22,24)(H,25,26)/p-1/t16-,17+,18+,19-/m0/s1. The van der Waals surface area contributed by atoms with Gasteiger partial charge in [-0.05, 0) is 43.3 Å². The minimum atomic E-state index is -3.74. The number of carboxylic acids is 1. The van der Waals surface area contributed by atoms with Gasteiger partial charge in [-0.2, -0.15) is 0 Å². The van der Waals surface area contributed by atoms with E-state index in [9.17, 15) is 23.1 Å². The van der Waals surface area contributed by atoms with Crippen LogP contribution >= 0.6 is 0 Å². The van der Waals surface area contributed by atoms with Crippen LogP contribution in [0.4, 0.5) is 11.4 Å². The van der Waals surface area contributed by atoms with Gasteiger partial charge in [0, 0.05) is 23.3 Å². The summed E-state index contributed by atoms with van der Waals surface area (Å²) < 4.78 is 32.9. The molecule has 0 aromatic heterocycles. The van der Waals surface area contributed by atoms with Crippen molar-refractivity contribution in [1.29, 1.82) is 0 Å². The third-order valence-corrected chi connectivity index (χ3v) is 6.61. The predicted molar refractivity (Wildman–Crippen MR) is 107 cm³/mol. The molecule has 156 valence electrons. The molecule has 0 radical (unpaired) electrons. The predicted octanol–water partition coefficient (Wildman–Crippen LogP) is 1.05. The molecular weight excluding hydrogens is 408 g/mol. The quantitative estimate of drug-likeness (QED) is 0.664. The Labute approximate surface area is 173 Å². The Morgan fingerprint density at radius 2 is 1.47 bits per heavy atom. The molecule has 1 saturated heterocycles. The van der Waals surface area contributed by atoms with Crippen molar-refractivity contribution in [3.63, 3.8) is 0 Å². The van der Waals surface area contributed by atoms with Gasteiger partial charge in [-0.3, -0.25) is 9.52 Å². The molecule has 1 fully saturated rings. The number of amides is 1. The number of hydrogen-bond donors (Lipinski definition) is 2. The summed E-state index contributed by atoms with van der Waals surface area (Å²) in [4.78, 5) is 24.2. The van der Waals surface area contributed by atoms with Crippen LogP contribution in [0.3, 0.4) is 0 Å². The number of sulfonamides is 1. The molecule has 1 amide bonds. The normalized spacial score (nSPS) is 24.6. The largest absolute Gasteiger partial charge is 0.550 e. The smallest absolute Gasteiger partial charge is 0.261 e. The maximum atomic E-state index is 12.6. The number of aliphatic carboxylic acids is 1. The van der Waals surface area contributed by atoms with Gasteiger partial charge in [-0.25, -0.2) is 8.42 Å². The first-order valence-corrected chi connectivity index (χ1v) is 10.8. The van der Waals surface area contributed by atoms with E-state index in [0.29, 0.717) is 11.4 Å². The molecule has 4 atom stereocenters. The van der Waals surface area contributed by atoms with Crippen molar-refractivity contribution in [1.82, 2.24) is 0 Å². The highest BCUT2D eigenvalue weighted by Gasteiger charge is 2.50. The summed E-state index contributed by atoms with van der Waals surface area (Å²) >= 11 is 0. The molecule has 9 heteroatoms. The molecule has 8 nitrogen and oxygen atoms in total. The number of anilines is 2. The number of nitrogens with one attached hydrogen (secondary N) is 2. The molecule has 2 aromatic carbocycles. The van der Waals surface area contributed by atoms with Gasteiger partial charge in [0.1, 0.15) is 0 Å². The number of hydrogen-bond acceptors (Lipinski definition) is 6. The number of aryl methyl sites for hydroxylation is 1. The number of carbonyl (C=O) groups is 2. The van der Waals surface area contributed by atoms with E-state index in [4.69, 9.17) is 4.74 Å². The van der Waals surface area contributed by atoms with Gasteiger partial charge in [0.05, 0.1) is 23.0 Å². The number of ether oxygens (including phenoxy) is 1. The maximum Gasteiger partial charge on any atom is 0.261 e. The zero-order valence-corrected chi connectivity index (χ0v) is 16.8. The third kappa shape index (κ3) is 3.81. The van der Waals surface area contributed by atoms with Gasteiger partial charge >= 0.3 is 0 Å². The molecule has 2 heterocycles. The SMILES string of the molecule is Cc1ccc(S(=O)(=O)Nc2ccc(NC(=O)[C@H]3[C@@H](C(=O)[O-])[C@H]4C=C[C@@H]3O4)cc2)cc1. The van der Waals surface area contributed by atoms with Crippen molar-refractivity contribution < 1.29 is 27.9 Å². The first-order chi connectivity index (χ1) is 14.2. The maximum absolute atomic E-state index is 12.6. The second-order valence-electron chi connectivity index (χ2n) is 7.31. The minimum absolute atomic E-state index is 0.142. The molecule has 2 aromatic rings. The van der Waals surface area contributed by atoms with Gasteiger partial charge < -0.3 is 20.0 Å². The van der Waals surface area contributed by atoms with Crippen LogP contribution < -0.4 is 15.1 Å². The summed E-state index contributed by atoms with van der Waals surface area (Å²) in [5, 5.41) is 14.1. The molecule has 2 aliphatic heterocycles. The van der Waals surface area contributed by atoms with Gasteiger partial charge in [0.15, 0.2) is 0 Å². The molecular formula is C21H19N2O6S-. The number of rotatable bonds is 6. The topological polar surface area (TPSA) is 125 Å². The Hall–Kier alpha value is -3.17. The van der Waals surface area contributed by atoms with E-state index in [1.54, 1.807) is 24.3 Å². The van der Waals surface area contributed by atoms with Crippen LogP contribution in [-0.4, -0.2) is 32.5 Å². The fraction of sp³-hybridized carbons (Fsp3) is 0.238. The van der Waals surface area contributed by atoms with Gasteiger partial charge in [0.2, 0.25) is 5.91 Å². The Morgan fingerprint density at radius 1 is 0.900 bits per heavy atom. The van der Waals surface area contributed by atoms with Crippen LogP contribution in [0.25, 0.3) is 0 Å². The molecule has 30 heavy (non-hydrogen) atoms. The summed E-state index contributed by atoms with van der Waals surface area (Å²) in [6, 6.07) is 12.5. The van der Waals surface area contributed by atoms with Crippen molar-refractivity contribution in [2.75, 3.05) is 10.0 Å². The van der Waals surface area contributed by atoms with E-state index < -0.39 is 45.9 Å². The Balaban J connectivity index is 1.44. The lowest BCUT2D eigenvalue weighted by molar-refractivity contribution is -0.313. The number of fused-ring (bicyclic) bond motifs is 2. The zero-order chi connectivity index (χ0) is 21.5. The molecule has 0 aliphatic carbocycles. The lowest BCUT2D eigenvalue weighted by Gasteiger charge is -2.25. The van der Waals surface area contributed by atoms with Gasteiger partial charge in [-0.15, -0.1) is 0 Å². The van der Waals surface area contributed by atoms with E-state index >= 15 is 0 Å². The van der Waals surface area contributed by atoms with Gasteiger partial charge in [-0.1, -0.05) is 29.8 Å². The molecule has 2 aliphatic rings. The van der Waals surface area contributed by atoms with Crippen LogP contribution in [0.1, 0.15) is 5.56 Å². The average molecular weight is 427 g/mol. The Bertz CT molecular complexity index is 1110. The molecule has 0 spiro atoms. The monoisotopic (exact) mass is 427 g/mol. The zero-order valence-electron chi connectivity index (χ0n) is 15.9. The van der Waals surface area contributed by atoms with Crippen LogP contribution in [0.5, 0.6) is 0 Å². The third-order valence-electron chi connectivity index (χ3n) is 5.21. The van der Waals surface area contributed by atoms with Crippen LogP contribution in [0.2, 0.25) is 0 Å². The van der Waals surface area contributed by atoms with Crippen molar-refractivity contribution in [3.05, 3.63) is 66.2 Å². The fourth-order valence-corrected chi connectivity index (χ4v) is 4.74. The first kappa shape index (κ1) is 20.1. The highest BCUT2D eigenvalue weighted by Crippen LogP contribution is 2.39. The van der Waals surface area contributed by atoms with E-state index in [1.807, 2.05) is 6.92 Å². The van der Waals surface area contributed by atoms with E-state index in [0.717, 1.165) is 5.56 Å². The summed E-state index contributed by atoms with van der Waals surface area (Å²) in [7, 11) is -3.74. The van der Waals surface area contributed by atoms with Crippen molar-refractivity contribution in [3.8, 4) is 0 Å². The molecule has 0 saturated carbocycles.